The van der Waals surface area contributed by atoms with Crippen LogP contribution in [-0.4, -0.2) is 23.1 Å². The third kappa shape index (κ3) is 2.97. The highest BCUT2D eigenvalue weighted by molar-refractivity contribution is 5.77. The van der Waals surface area contributed by atoms with Gasteiger partial charge in [0.25, 0.3) is 0 Å². The molecule has 2 rings (SSSR count). The second-order valence-corrected chi connectivity index (χ2v) is 5.53. The number of carbonyl (C=O) groups is 1. The molecule has 3 nitrogen and oxygen atoms in total. The maximum Gasteiger partial charge on any atom is 0.415 e. The number of cyclic esters (lactones) is 1. The fraction of sp³-hybridized carbons (Fsp3) is 0.500. The minimum atomic E-state index is -0.290. The molecule has 1 saturated heterocycles. The Hall–Kier alpha value is -1.77. The fourth-order valence-corrected chi connectivity index (χ4v) is 3.02. The third-order valence-corrected chi connectivity index (χ3v) is 4.40. The van der Waals surface area contributed by atoms with Crippen molar-refractivity contribution in [3.63, 3.8) is 0 Å². The van der Waals surface area contributed by atoms with Crippen LogP contribution < -0.4 is 0 Å². The first-order valence-corrected chi connectivity index (χ1v) is 7.94. The highest BCUT2D eigenvalue weighted by Gasteiger charge is 2.48. The van der Waals surface area contributed by atoms with Crippen LogP contribution in [-0.2, 0) is 4.74 Å². The van der Waals surface area contributed by atoms with Crippen molar-refractivity contribution in [3.8, 4) is 0 Å². The van der Waals surface area contributed by atoms with E-state index >= 15 is 0 Å². The number of benzene rings is 1. The molecule has 0 unspecified atom stereocenters. The summed E-state index contributed by atoms with van der Waals surface area (Å²) in [6, 6.07) is 10.1. The van der Waals surface area contributed by atoms with Crippen LogP contribution in [0.2, 0.25) is 0 Å². The van der Waals surface area contributed by atoms with Gasteiger partial charge in [-0.2, -0.15) is 0 Å². The van der Waals surface area contributed by atoms with Gasteiger partial charge in [-0.3, -0.25) is 4.90 Å². The van der Waals surface area contributed by atoms with Crippen LogP contribution in [0.25, 0.3) is 6.08 Å². The largest absolute Gasteiger partial charge is 0.415 e. The summed E-state index contributed by atoms with van der Waals surface area (Å²) in [5.41, 5.74) is 0.783. The van der Waals surface area contributed by atoms with Crippen molar-refractivity contribution in [2.75, 3.05) is 6.54 Å². The molecule has 0 bridgehead atoms. The lowest BCUT2D eigenvalue weighted by Crippen LogP contribution is -2.45. The van der Waals surface area contributed by atoms with Crippen molar-refractivity contribution < 1.29 is 9.53 Å². The van der Waals surface area contributed by atoms with Gasteiger partial charge >= 0.3 is 6.09 Å². The van der Waals surface area contributed by atoms with Crippen LogP contribution in [0, 0.1) is 0 Å². The van der Waals surface area contributed by atoms with Crippen molar-refractivity contribution in [1.82, 2.24) is 4.90 Å². The zero-order valence-corrected chi connectivity index (χ0v) is 13.3. The fourth-order valence-electron chi connectivity index (χ4n) is 3.02. The van der Waals surface area contributed by atoms with Gasteiger partial charge in [0.1, 0.15) is 11.3 Å². The number of amides is 1. The predicted octanol–water partition coefficient (Wildman–Crippen LogP) is 4.84. The van der Waals surface area contributed by atoms with E-state index in [0.717, 1.165) is 43.6 Å². The monoisotopic (exact) mass is 287 g/mol. The number of nitrogens with zero attached hydrogens (tertiary/aromatic N) is 1. The van der Waals surface area contributed by atoms with E-state index in [-0.39, 0.29) is 11.6 Å². The molecular weight excluding hydrogens is 262 g/mol. The highest BCUT2D eigenvalue weighted by Crippen LogP contribution is 2.40. The van der Waals surface area contributed by atoms with Gasteiger partial charge in [0.15, 0.2) is 0 Å². The first kappa shape index (κ1) is 15.6. The van der Waals surface area contributed by atoms with E-state index in [1.165, 1.54) is 0 Å². The quantitative estimate of drug-likeness (QED) is 0.749. The smallest absolute Gasteiger partial charge is 0.412 e. The normalized spacial score (nSPS) is 19.1. The number of unbranched alkanes of at least 4 members (excludes halogenated alkanes) is 1. The van der Waals surface area contributed by atoms with Crippen molar-refractivity contribution in [3.05, 3.63) is 41.7 Å². The molecular formula is C18H25NO2. The topological polar surface area (TPSA) is 29.5 Å². The van der Waals surface area contributed by atoms with E-state index in [1.54, 1.807) is 0 Å². The van der Waals surface area contributed by atoms with E-state index in [0.29, 0.717) is 0 Å². The lowest BCUT2D eigenvalue weighted by molar-refractivity contribution is 0.145. The average Bonchev–Trinajstić information content (AvgIpc) is 2.77. The van der Waals surface area contributed by atoms with Crippen LogP contribution in [0.15, 0.2) is 36.1 Å². The van der Waals surface area contributed by atoms with Gasteiger partial charge < -0.3 is 4.74 Å². The Morgan fingerprint density at radius 2 is 1.81 bits per heavy atom. The van der Waals surface area contributed by atoms with Gasteiger partial charge in [-0.1, -0.05) is 57.5 Å². The molecule has 1 aliphatic rings. The summed E-state index contributed by atoms with van der Waals surface area (Å²) in [7, 11) is 0. The van der Waals surface area contributed by atoms with Crippen LogP contribution in [0.1, 0.15) is 52.0 Å². The van der Waals surface area contributed by atoms with Crippen molar-refractivity contribution >= 4 is 12.2 Å². The van der Waals surface area contributed by atoms with Crippen LogP contribution in [0.3, 0.4) is 0 Å². The molecule has 1 heterocycles. The molecule has 0 aliphatic carbocycles. The molecule has 0 atom stereocenters. The SMILES string of the molecule is CCCCN1C(=O)O/C(=C\c2ccccc2)C1(CC)CC. The van der Waals surface area contributed by atoms with E-state index < -0.39 is 0 Å². The number of rotatable bonds is 6. The summed E-state index contributed by atoms with van der Waals surface area (Å²) in [6.45, 7) is 7.16. The molecule has 21 heavy (non-hydrogen) atoms. The second-order valence-electron chi connectivity index (χ2n) is 5.53. The maximum atomic E-state index is 12.3. The Balaban J connectivity index is 2.37. The van der Waals surface area contributed by atoms with Crippen molar-refractivity contribution in [1.29, 1.82) is 0 Å². The van der Waals surface area contributed by atoms with E-state index in [2.05, 4.69) is 20.8 Å². The molecule has 0 radical (unpaired) electrons. The second kappa shape index (κ2) is 6.79. The Kier molecular flexibility index (Phi) is 5.05. The van der Waals surface area contributed by atoms with Gasteiger partial charge in [-0.05, 0) is 30.9 Å². The number of hydrogen-bond acceptors (Lipinski definition) is 2. The van der Waals surface area contributed by atoms with Gasteiger partial charge in [-0.25, -0.2) is 4.79 Å². The summed E-state index contributed by atoms with van der Waals surface area (Å²) < 4.78 is 5.62. The first-order chi connectivity index (χ1) is 10.2. The molecule has 0 N–H and O–H groups in total. The summed E-state index contributed by atoms with van der Waals surface area (Å²) in [5, 5.41) is 0. The third-order valence-electron chi connectivity index (χ3n) is 4.40. The summed E-state index contributed by atoms with van der Waals surface area (Å²) >= 11 is 0. The molecule has 0 spiro atoms. The van der Waals surface area contributed by atoms with Crippen molar-refractivity contribution in [2.45, 2.75) is 52.0 Å². The lowest BCUT2D eigenvalue weighted by atomic mass is 9.88. The molecule has 1 fully saturated rings. The van der Waals surface area contributed by atoms with Gasteiger partial charge in [-0.15, -0.1) is 0 Å². The molecule has 0 saturated carbocycles. The van der Waals surface area contributed by atoms with Gasteiger partial charge in [0.05, 0.1) is 0 Å². The average molecular weight is 287 g/mol. The Labute approximate surface area is 127 Å². The molecule has 1 aromatic rings. The minimum Gasteiger partial charge on any atom is -0.412 e. The van der Waals surface area contributed by atoms with Crippen LogP contribution in [0.4, 0.5) is 4.79 Å². The molecule has 114 valence electrons. The van der Waals surface area contributed by atoms with Crippen molar-refractivity contribution in [2.24, 2.45) is 0 Å². The molecule has 0 aromatic heterocycles. The minimum absolute atomic E-state index is 0.200. The summed E-state index contributed by atoms with van der Waals surface area (Å²) in [6.07, 6.45) is 5.64. The van der Waals surface area contributed by atoms with Gasteiger partial charge in [0.2, 0.25) is 0 Å². The van der Waals surface area contributed by atoms with Crippen LogP contribution in [0.5, 0.6) is 0 Å². The Morgan fingerprint density at radius 3 is 2.38 bits per heavy atom. The molecule has 1 aliphatic heterocycles. The van der Waals surface area contributed by atoms with E-state index in [1.807, 2.05) is 41.3 Å². The van der Waals surface area contributed by atoms with Gasteiger partial charge in [0, 0.05) is 6.54 Å². The maximum absolute atomic E-state index is 12.3. The summed E-state index contributed by atoms with van der Waals surface area (Å²) in [4.78, 5) is 14.2. The molecule has 1 amide bonds. The van der Waals surface area contributed by atoms with E-state index in [9.17, 15) is 4.79 Å². The molecule has 1 aromatic carbocycles. The van der Waals surface area contributed by atoms with E-state index in [4.69, 9.17) is 4.74 Å². The standard InChI is InChI=1S/C18H25NO2/c1-4-7-13-19-17(20)21-16(18(19,5-2)6-3)14-15-11-9-8-10-12-15/h8-12,14H,4-7,13H2,1-3H3/b16-14-. The number of hydrogen-bond donors (Lipinski definition) is 0. The Morgan fingerprint density at radius 1 is 1.14 bits per heavy atom. The lowest BCUT2D eigenvalue weighted by Gasteiger charge is -2.34. The number of carbonyl (C=O) groups excluding carboxylic acids is 1. The zero-order valence-electron chi connectivity index (χ0n) is 13.3. The highest BCUT2D eigenvalue weighted by atomic mass is 16.6. The zero-order chi connectivity index (χ0) is 15.3. The summed E-state index contributed by atoms with van der Waals surface area (Å²) in [5.74, 6) is 0.791. The predicted molar refractivity (Wildman–Crippen MR) is 85.8 cm³/mol. The Bertz CT molecular complexity index is 503. The number of ether oxygens (including phenoxy) is 1. The first-order valence-electron chi connectivity index (χ1n) is 7.94. The van der Waals surface area contributed by atoms with Crippen LogP contribution >= 0.6 is 0 Å². The molecule has 3 heteroatoms.